The van der Waals surface area contributed by atoms with E-state index in [1.165, 1.54) is 0 Å². The number of thioether (sulfide) groups is 1. The highest BCUT2D eigenvalue weighted by Crippen LogP contribution is 2.25. The average Bonchev–Trinajstić information content (AvgIpc) is 2.17. The molecule has 72 valence electrons. The van der Waals surface area contributed by atoms with Gasteiger partial charge in [0.1, 0.15) is 6.61 Å². The van der Waals surface area contributed by atoms with Gasteiger partial charge in [0.05, 0.1) is 0 Å². The topological polar surface area (TPSA) is 58.6 Å². The van der Waals surface area contributed by atoms with Gasteiger partial charge in [0.2, 0.25) is 5.76 Å². The van der Waals surface area contributed by atoms with Crippen LogP contribution in [-0.4, -0.2) is 35.4 Å². The first-order valence-corrected chi connectivity index (χ1v) is 5.32. The molecule has 2 heterocycles. The molecule has 0 saturated carbocycles. The van der Waals surface area contributed by atoms with Crippen LogP contribution >= 0.6 is 11.8 Å². The highest BCUT2D eigenvalue weighted by Gasteiger charge is 2.30. The Labute approximate surface area is 80.3 Å². The third kappa shape index (κ3) is 1.81. The van der Waals surface area contributed by atoms with Crippen molar-refractivity contribution >= 4 is 17.7 Å². The van der Waals surface area contributed by atoms with Crippen LogP contribution in [0.1, 0.15) is 0 Å². The van der Waals surface area contributed by atoms with Gasteiger partial charge in [-0.15, -0.1) is 11.8 Å². The quantitative estimate of drug-likeness (QED) is 0.637. The van der Waals surface area contributed by atoms with Gasteiger partial charge in [0, 0.05) is 23.6 Å². The molecule has 0 radical (unpaired) electrons. The highest BCUT2D eigenvalue weighted by molar-refractivity contribution is 7.99. The van der Waals surface area contributed by atoms with Crippen molar-refractivity contribution in [2.24, 2.45) is 5.92 Å². The van der Waals surface area contributed by atoms with E-state index in [9.17, 15) is 4.79 Å². The minimum atomic E-state index is -0.964. The molecule has 2 aliphatic rings. The normalized spacial score (nSPS) is 32.8. The lowest BCUT2D eigenvalue weighted by molar-refractivity contribution is -0.137. The van der Waals surface area contributed by atoms with Gasteiger partial charge in [-0.1, -0.05) is 0 Å². The maximum Gasteiger partial charge on any atom is 0.370 e. The van der Waals surface area contributed by atoms with Crippen molar-refractivity contribution in [3.8, 4) is 0 Å². The van der Waals surface area contributed by atoms with Crippen molar-refractivity contribution in [1.82, 2.24) is 5.32 Å². The average molecular weight is 201 g/mol. The predicted octanol–water partition coefficient (Wildman–Crippen LogP) is 0.264. The molecule has 2 atom stereocenters. The molecule has 2 N–H and O–H groups in total. The standard InChI is InChI=1S/C8H11NO3S/c10-8(11)7-1-5-3-13-4-9-6(5)2-12-7/h1,5-6,9H,2-4H2,(H,10,11). The first kappa shape index (κ1) is 8.90. The molecule has 2 aliphatic heterocycles. The molecule has 5 heteroatoms. The van der Waals surface area contributed by atoms with Crippen molar-refractivity contribution in [2.45, 2.75) is 6.04 Å². The summed E-state index contributed by atoms with van der Waals surface area (Å²) in [5, 5.41) is 12.0. The van der Waals surface area contributed by atoms with Crippen LogP contribution in [0.2, 0.25) is 0 Å². The molecule has 0 aromatic heterocycles. The van der Waals surface area contributed by atoms with Crippen molar-refractivity contribution in [2.75, 3.05) is 18.2 Å². The second-order valence-corrected chi connectivity index (χ2v) is 4.17. The summed E-state index contributed by atoms with van der Waals surface area (Å²) in [5.41, 5.74) is 0. The lowest BCUT2D eigenvalue weighted by Gasteiger charge is -2.33. The number of ether oxygens (including phenoxy) is 1. The zero-order valence-corrected chi connectivity index (χ0v) is 7.84. The van der Waals surface area contributed by atoms with Gasteiger partial charge in [-0.05, 0) is 6.08 Å². The molecule has 0 aromatic carbocycles. The minimum absolute atomic E-state index is 0.102. The number of rotatable bonds is 1. The van der Waals surface area contributed by atoms with E-state index in [0.717, 1.165) is 11.6 Å². The van der Waals surface area contributed by atoms with Crippen LogP contribution < -0.4 is 5.32 Å². The number of hydrogen-bond donors (Lipinski definition) is 2. The van der Waals surface area contributed by atoms with Gasteiger partial charge in [0.25, 0.3) is 0 Å². The summed E-state index contributed by atoms with van der Waals surface area (Å²) in [6.07, 6.45) is 1.72. The van der Waals surface area contributed by atoms with Crippen LogP contribution in [0.4, 0.5) is 0 Å². The van der Waals surface area contributed by atoms with E-state index < -0.39 is 5.97 Å². The molecule has 0 aromatic rings. The zero-order valence-electron chi connectivity index (χ0n) is 7.03. The third-order valence-corrected chi connectivity index (χ3v) is 3.26. The summed E-state index contributed by atoms with van der Waals surface area (Å²) < 4.78 is 5.10. The Morgan fingerprint density at radius 3 is 3.38 bits per heavy atom. The fourth-order valence-corrected chi connectivity index (χ4v) is 2.58. The van der Waals surface area contributed by atoms with E-state index in [1.54, 1.807) is 17.8 Å². The zero-order chi connectivity index (χ0) is 9.26. The van der Waals surface area contributed by atoms with E-state index in [-0.39, 0.29) is 5.76 Å². The van der Waals surface area contributed by atoms with Crippen LogP contribution in [0.3, 0.4) is 0 Å². The van der Waals surface area contributed by atoms with E-state index in [0.29, 0.717) is 18.6 Å². The number of carboxylic acids is 1. The number of carbonyl (C=O) groups is 1. The Balaban J connectivity index is 2.11. The third-order valence-electron chi connectivity index (χ3n) is 2.27. The maximum atomic E-state index is 10.6. The van der Waals surface area contributed by atoms with Crippen LogP contribution in [0.15, 0.2) is 11.8 Å². The predicted molar refractivity (Wildman–Crippen MR) is 49.4 cm³/mol. The fraction of sp³-hybridized carbons (Fsp3) is 0.625. The number of aliphatic carboxylic acids is 1. The monoisotopic (exact) mass is 201 g/mol. The van der Waals surface area contributed by atoms with Gasteiger partial charge < -0.3 is 15.2 Å². The fourth-order valence-electron chi connectivity index (χ4n) is 1.53. The Morgan fingerprint density at radius 2 is 2.62 bits per heavy atom. The van der Waals surface area contributed by atoms with Gasteiger partial charge in [-0.3, -0.25) is 0 Å². The largest absolute Gasteiger partial charge is 0.485 e. The van der Waals surface area contributed by atoms with Crippen molar-refractivity contribution in [3.63, 3.8) is 0 Å². The molecule has 2 unspecified atom stereocenters. The smallest absolute Gasteiger partial charge is 0.370 e. The number of nitrogens with one attached hydrogen (secondary N) is 1. The Morgan fingerprint density at radius 1 is 1.77 bits per heavy atom. The molecule has 1 saturated heterocycles. The number of hydrogen-bond acceptors (Lipinski definition) is 4. The summed E-state index contributed by atoms with van der Waals surface area (Å²) in [5.74, 6) is 1.36. The van der Waals surface area contributed by atoms with Crippen LogP contribution in [-0.2, 0) is 9.53 Å². The van der Waals surface area contributed by atoms with Crippen LogP contribution in [0.25, 0.3) is 0 Å². The molecule has 0 amide bonds. The first-order chi connectivity index (χ1) is 6.27. The molecular formula is C8H11NO3S. The van der Waals surface area contributed by atoms with Gasteiger partial charge in [-0.2, -0.15) is 0 Å². The molecule has 0 aliphatic carbocycles. The Bertz CT molecular complexity index is 254. The lowest BCUT2D eigenvalue weighted by atomic mass is 9.99. The molecule has 0 spiro atoms. The van der Waals surface area contributed by atoms with E-state index >= 15 is 0 Å². The van der Waals surface area contributed by atoms with Gasteiger partial charge >= 0.3 is 5.97 Å². The summed E-state index contributed by atoms with van der Waals surface area (Å²) in [7, 11) is 0. The van der Waals surface area contributed by atoms with Crippen molar-refractivity contribution in [1.29, 1.82) is 0 Å². The number of fused-ring (bicyclic) bond motifs is 1. The van der Waals surface area contributed by atoms with E-state index in [1.807, 2.05) is 0 Å². The van der Waals surface area contributed by atoms with Gasteiger partial charge in [-0.25, -0.2) is 4.79 Å². The van der Waals surface area contributed by atoms with E-state index in [2.05, 4.69) is 5.32 Å². The molecule has 4 nitrogen and oxygen atoms in total. The minimum Gasteiger partial charge on any atom is -0.485 e. The molecule has 0 bridgehead atoms. The lowest BCUT2D eigenvalue weighted by Crippen LogP contribution is -2.46. The summed E-state index contributed by atoms with van der Waals surface area (Å²) in [6, 6.07) is 0.296. The highest BCUT2D eigenvalue weighted by atomic mass is 32.2. The summed E-state index contributed by atoms with van der Waals surface area (Å²) in [6.45, 7) is 0.476. The maximum absolute atomic E-state index is 10.6. The number of carboxylic acid groups (broad SMARTS) is 1. The SMILES string of the molecule is O=C(O)C1=CC2CSCNC2CO1. The molecule has 1 fully saturated rings. The molecule has 2 rings (SSSR count). The Hall–Kier alpha value is -0.680. The van der Waals surface area contributed by atoms with E-state index in [4.69, 9.17) is 9.84 Å². The first-order valence-electron chi connectivity index (χ1n) is 4.16. The molecule has 13 heavy (non-hydrogen) atoms. The van der Waals surface area contributed by atoms with Crippen LogP contribution in [0.5, 0.6) is 0 Å². The second-order valence-electron chi connectivity index (χ2n) is 3.14. The van der Waals surface area contributed by atoms with Crippen LogP contribution in [0, 0.1) is 5.92 Å². The van der Waals surface area contributed by atoms with Crippen molar-refractivity contribution in [3.05, 3.63) is 11.8 Å². The molecular weight excluding hydrogens is 190 g/mol. The second kappa shape index (κ2) is 3.59. The van der Waals surface area contributed by atoms with Crippen molar-refractivity contribution < 1.29 is 14.6 Å². The Kier molecular flexibility index (Phi) is 2.46. The van der Waals surface area contributed by atoms with Gasteiger partial charge in [0.15, 0.2) is 0 Å². The summed E-state index contributed by atoms with van der Waals surface area (Å²) in [4.78, 5) is 10.6. The summed E-state index contributed by atoms with van der Waals surface area (Å²) >= 11 is 1.79.